The highest BCUT2D eigenvalue weighted by Gasteiger charge is 2.38. The number of aliphatic hydroxyl groups excluding tert-OH is 2. The van der Waals surface area contributed by atoms with E-state index in [1.807, 2.05) is 0 Å². The molecule has 6 N–H and O–H groups in total. The standard InChI is InChI=1S/C13H19N4O8P/c1-23-26(21,22)24-5-8-7(19)2-9(25-8)17-3-6(4-18)10-11(17)15-13(14)16-12(10)20/h3,7-9,18-19H,2,4-5H2,1H3,(H,21,22)(H3,14,15,16,20)/t7-,8-,9-/m1/s1. The number of phosphoric ester groups is 1. The number of phosphoric acid groups is 1. The van der Waals surface area contributed by atoms with Gasteiger partial charge in [-0.25, -0.2) is 4.57 Å². The number of ether oxygens (including phenoxy) is 1. The van der Waals surface area contributed by atoms with Gasteiger partial charge in [0.25, 0.3) is 5.56 Å². The summed E-state index contributed by atoms with van der Waals surface area (Å²) in [6.07, 6.45) is -1.04. The Bertz CT molecular complexity index is 911. The Kier molecular flexibility index (Phi) is 5.17. The molecule has 1 aliphatic rings. The van der Waals surface area contributed by atoms with Crippen molar-refractivity contribution in [2.45, 2.75) is 31.5 Å². The van der Waals surface area contributed by atoms with Gasteiger partial charge in [0.2, 0.25) is 5.95 Å². The molecule has 0 amide bonds. The zero-order valence-electron chi connectivity index (χ0n) is 13.7. The van der Waals surface area contributed by atoms with Crippen molar-refractivity contribution < 1.29 is 33.5 Å². The monoisotopic (exact) mass is 390 g/mol. The molecule has 144 valence electrons. The topological polar surface area (TPSA) is 182 Å². The number of aromatic nitrogens is 3. The molecule has 4 atom stereocenters. The Hall–Kier alpha value is -1.79. The maximum atomic E-state index is 12.1. The quantitative estimate of drug-likeness (QED) is 0.392. The predicted octanol–water partition coefficient (Wildman–Crippen LogP) is -0.789. The van der Waals surface area contributed by atoms with E-state index in [9.17, 15) is 24.5 Å². The maximum Gasteiger partial charge on any atom is 0.472 e. The van der Waals surface area contributed by atoms with Gasteiger partial charge in [-0.15, -0.1) is 0 Å². The highest BCUT2D eigenvalue weighted by Crippen LogP contribution is 2.43. The largest absolute Gasteiger partial charge is 0.472 e. The number of fused-ring (bicyclic) bond motifs is 1. The second-order valence-corrected chi connectivity index (χ2v) is 7.31. The van der Waals surface area contributed by atoms with E-state index >= 15 is 0 Å². The molecule has 0 aliphatic carbocycles. The molecule has 0 radical (unpaired) electrons. The summed E-state index contributed by atoms with van der Waals surface area (Å²) in [7, 11) is -3.18. The van der Waals surface area contributed by atoms with Crippen LogP contribution in [0.5, 0.6) is 0 Å². The fraction of sp³-hybridized carbons (Fsp3) is 0.538. The number of hydrogen-bond donors (Lipinski definition) is 5. The van der Waals surface area contributed by atoms with Gasteiger partial charge in [0.15, 0.2) is 5.65 Å². The minimum atomic E-state index is -4.20. The summed E-state index contributed by atoms with van der Waals surface area (Å²) >= 11 is 0. The molecule has 1 aliphatic heterocycles. The molecule has 3 heterocycles. The average molecular weight is 390 g/mol. The molecule has 0 bridgehead atoms. The van der Waals surface area contributed by atoms with E-state index in [0.29, 0.717) is 5.56 Å². The van der Waals surface area contributed by atoms with Gasteiger partial charge in [0.05, 0.1) is 24.7 Å². The predicted molar refractivity (Wildman–Crippen MR) is 88.0 cm³/mol. The van der Waals surface area contributed by atoms with Crippen LogP contribution in [0, 0.1) is 0 Å². The molecular weight excluding hydrogens is 371 g/mol. The van der Waals surface area contributed by atoms with Crippen LogP contribution in [0.3, 0.4) is 0 Å². The van der Waals surface area contributed by atoms with Crippen LogP contribution in [0.15, 0.2) is 11.0 Å². The van der Waals surface area contributed by atoms with Gasteiger partial charge in [0.1, 0.15) is 12.3 Å². The first-order valence-corrected chi connectivity index (χ1v) is 9.12. The van der Waals surface area contributed by atoms with E-state index in [4.69, 9.17) is 15.0 Å². The van der Waals surface area contributed by atoms with Gasteiger partial charge in [-0.2, -0.15) is 4.98 Å². The molecule has 3 rings (SSSR count). The highest BCUT2D eigenvalue weighted by molar-refractivity contribution is 7.47. The van der Waals surface area contributed by atoms with Crippen LogP contribution in [0.1, 0.15) is 18.2 Å². The fourth-order valence-electron chi connectivity index (χ4n) is 2.84. The lowest BCUT2D eigenvalue weighted by molar-refractivity contribution is -0.0430. The second-order valence-electron chi connectivity index (χ2n) is 5.75. The third kappa shape index (κ3) is 3.53. The Morgan fingerprint density at radius 3 is 2.96 bits per heavy atom. The summed E-state index contributed by atoms with van der Waals surface area (Å²) in [5, 5.41) is 19.8. The third-order valence-corrected chi connectivity index (χ3v) is 5.03. The number of nitrogen functional groups attached to an aromatic ring is 1. The van der Waals surface area contributed by atoms with Gasteiger partial charge in [-0.1, -0.05) is 0 Å². The molecule has 12 nitrogen and oxygen atoms in total. The first kappa shape index (κ1) is 19.0. The fourth-order valence-corrected chi connectivity index (χ4v) is 3.28. The van der Waals surface area contributed by atoms with Crippen molar-refractivity contribution in [3.05, 3.63) is 22.1 Å². The molecule has 1 saturated heterocycles. The molecule has 2 aromatic heterocycles. The van der Waals surface area contributed by atoms with Crippen LogP contribution in [0.4, 0.5) is 5.95 Å². The molecule has 1 fully saturated rings. The van der Waals surface area contributed by atoms with E-state index in [-0.39, 0.29) is 30.0 Å². The van der Waals surface area contributed by atoms with Gasteiger partial charge < -0.3 is 30.1 Å². The third-order valence-electron chi connectivity index (χ3n) is 4.10. The van der Waals surface area contributed by atoms with Crippen molar-refractivity contribution >= 4 is 24.8 Å². The van der Waals surface area contributed by atoms with E-state index in [1.165, 1.54) is 10.8 Å². The number of H-pyrrole nitrogens is 1. The Morgan fingerprint density at radius 1 is 1.58 bits per heavy atom. The Labute approximate surface area is 146 Å². The lowest BCUT2D eigenvalue weighted by atomic mass is 10.2. The summed E-state index contributed by atoms with van der Waals surface area (Å²) in [6.45, 7) is -0.775. The SMILES string of the molecule is COP(=O)(O)OC[C@H]1O[C@@H](n2cc(CO)c3c(=O)[nH]c(N)nc32)C[C@H]1O. The molecular formula is C13H19N4O8P. The van der Waals surface area contributed by atoms with Gasteiger partial charge in [0, 0.05) is 25.3 Å². The van der Waals surface area contributed by atoms with Crippen LogP contribution in [-0.2, 0) is 25.0 Å². The molecule has 2 aromatic rings. The smallest absolute Gasteiger partial charge is 0.392 e. The second kappa shape index (κ2) is 7.08. The van der Waals surface area contributed by atoms with Crippen LogP contribution in [0.2, 0.25) is 0 Å². The van der Waals surface area contributed by atoms with E-state index in [2.05, 4.69) is 14.5 Å². The van der Waals surface area contributed by atoms with Crippen molar-refractivity contribution in [2.75, 3.05) is 19.5 Å². The van der Waals surface area contributed by atoms with Crippen molar-refractivity contribution in [1.29, 1.82) is 0 Å². The Morgan fingerprint density at radius 2 is 2.31 bits per heavy atom. The zero-order chi connectivity index (χ0) is 19.1. The number of nitrogens with two attached hydrogens (primary N) is 1. The number of aliphatic hydroxyl groups is 2. The van der Waals surface area contributed by atoms with Crippen molar-refractivity contribution in [1.82, 2.24) is 14.5 Å². The summed E-state index contributed by atoms with van der Waals surface area (Å²) < 4.78 is 27.6. The number of anilines is 1. The zero-order valence-corrected chi connectivity index (χ0v) is 14.6. The van der Waals surface area contributed by atoms with Crippen molar-refractivity contribution in [2.24, 2.45) is 0 Å². The van der Waals surface area contributed by atoms with Crippen LogP contribution >= 0.6 is 7.82 Å². The molecule has 0 aromatic carbocycles. The van der Waals surface area contributed by atoms with E-state index in [0.717, 1.165) is 7.11 Å². The molecule has 13 heteroatoms. The van der Waals surface area contributed by atoms with Crippen molar-refractivity contribution in [3.8, 4) is 0 Å². The molecule has 0 saturated carbocycles. The van der Waals surface area contributed by atoms with E-state index in [1.54, 1.807) is 0 Å². The summed E-state index contributed by atoms with van der Waals surface area (Å²) in [4.78, 5) is 27.8. The minimum absolute atomic E-state index is 0.105. The number of hydrogen-bond acceptors (Lipinski definition) is 9. The van der Waals surface area contributed by atoms with Crippen LogP contribution in [0.25, 0.3) is 11.0 Å². The molecule has 0 spiro atoms. The number of nitrogens with one attached hydrogen (secondary N) is 1. The first-order chi connectivity index (χ1) is 12.3. The number of aromatic amines is 1. The lowest BCUT2D eigenvalue weighted by Gasteiger charge is -2.17. The van der Waals surface area contributed by atoms with Crippen LogP contribution in [-0.4, -0.2) is 55.6 Å². The average Bonchev–Trinajstić information content (AvgIpc) is 3.13. The van der Waals surface area contributed by atoms with Crippen molar-refractivity contribution in [3.63, 3.8) is 0 Å². The van der Waals surface area contributed by atoms with Gasteiger partial charge in [-0.3, -0.25) is 18.8 Å². The van der Waals surface area contributed by atoms with Gasteiger partial charge in [-0.05, 0) is 0 Å². The van der Waals surface area contributed by atoms with E-state index < -0.39 is 38.4 Å². The minimum Gasteiger partial charge on any atom is -0.392 e. The number of rotatable bonds is 6. The summed E-state index contributed by atoms with van der Waals surface area (Å²) in [5.41, 5.74) is 5.60. The first-order valence-electron chi connectivity index (χ1n) is 7.62. The molecule has 26 heavy (non-hydrogen) atoms. The van der Waals surface area contributed by atoms with Gasteiger partial charge >= 0.3 is 7.82 Å². The Balaban J connectivity index is 1.88. The highest BCUT2D eigenvalue weighted by atomic mass is 31.2. The molecule has 1 unspecified atom stereocenters. The summed E-state index contributed by atoms with van der Waals surface area (Å²) in [5.74, 6) is -0.105. The van der Waals surface area contributed by atoms with Crippen LogP contribution < -0.4 is 11.3 Å². The number of nitrogens with zero attached hydrogens (tertiary/aromatic N) is 2. The summed E-state index contributed by atoms with van der Waals surface area (Å²) in [6, 6.07) is 0. The lowest BCUT2D eigenvalue weighted by Crippen LogP contribution is -2.26. The maximum absolute atomic E-state index is 12.1. The normalized spacial score (nSPS) is 25.6.